The van der Waals surface area contributed by atoms with E-state index in [1.54, 1.807) is 0 Å². The van der Waals surface area contributed by atoms with Crippen molar-refractivity contribution in [1.29, 1.82) is 0 Å². The first-order valence-electron chi connectivity index (χ1n) is 5.62. The molecule has 0 atom stereocenters. The lowest BCUT2D eigenvalue weighted by atomic mass is 10.1. The number of nitrogens with one attached hydrogen (secondary N) is 1. The van der Waals surface area contributed by atoms with Gasteiger partial charge in [-0.25, -0.2) is 4.98 Å². The summed E-state index contributed by atoms with van der Waals surface area (Å²) in [6.07, 6.45) is 7.15. The first-order chi connectivity index (χ1) is 7.27. The maximum Gasteiger partial charge on any atom is 0.152 e. The van der Waals surface area contributed by atoms with E-state index in [1.165, 1.54) is 25.7 Å². The SMILES string of the molecule is CCCCCCCc1nc(Cl)c(CO)[nH]1. The molecular formula is C11H19ClN2O. The lowest BCUT2D eigenvalue weighted by Gasteiger charge is -1.97. The molecule has 0 aromatic carbocycles. The van der Waals surface area contributed by atoms with Crippen molar-refractivity contribution in [3.05, 3.63) is 16.7 Å². The molecular weight excluding hydrogens is 212 g/mol. The molecule has 86 valence electrons. The Balaban J connectivity index is 2.25. The molecule has 1 rings (SSSR count). The van der Waals surface area contributed by atoms with Gasteiger partial charge in [-0.3, -0.25) is 0 Å². The van der Waals surface area contributed by atoms with E-state index in [2.05, 4.69) is 16.9 Å². The molecule has 4 heteroatoms. The zero-order valence-corrected chi connectivity index (χ0v) is 9.98. The van der Waals surface area contributed by atoms with E-state index in [0.717, 1.165) is 18.7 Å². The van der Waals surface area contributed by atoms with Crippen LogP contribution in [0.15, 0.2) is 0 Å². The molecule has 2 N–H and O–H groups in total. The predicted molar refractivity (Wildman–Crippen MR) is 62.0 cm³/mol. The van der Waals surface area contributed by atoms with Crippen LogP contribution in [-0.2, 0) is 13.0 Å². The number of nitrogens with zero attached hydrogens (tertiary/aromatic N) is 1. The number of aliphatic hydroxyl groups is 1. The molecule has 0 aliphatic carbocycles. The van der Waals surface area contributed by atoms with E-state index in [4.69, 9.17) is 16.7 Å². The maximum absolute atomic E-state index is 8.92. The average molecular weight is 231 g/mol. The summed E-state index contributed by atoms with van der Waals surface area (Å²) in [7, 11) is 0. The highest BCUT2D eigenvalue weighted by Gasteiger charge is 2.06. The van der Waals surface area contributed by atoms with Crippen molar-refractivity contribution >= 4 is 11.6 Å². The van der Waals surface area contributed by atoms with Crippen molar-refractivity contribution in [2.75, 3.05) is 0 Å². The summed E-state index contributed by atoms with van der Waals surface area (Å²) < 4.78 is 0. The highest BCUT2D eigenvalue weighted by Crippen LogP contribution is 2.14. The van der Waals surface area contributed by atoms with Gasteiger partial charge < -0.3 is 10.1 Å². The highest BCUT2D eigenvalue weighted by atomic mass is 35.5. The van der Waals surface area contributed by atoms with Gasteiger partial charge in [0.2, 0.25) is 0 Å². The zero-order chi connectivity index (χ0) is 11.1. The average Bonchev–Trinajstić information content (AvgIpc) is 2.59. The molecule has 0 spiro atoms. The van der Waals surface area contributed by atoms with Crippen molar-refractivity contribution in [2.24, 2.45) is 0 Å². The second-order valence-electron chi connectivity index (χ2n) is 3.78. The lowest BCUT2D eigenvalue weighted by molar-refractivity contribution is 0.277. The van der Waals surface area contributed by atoms with E-state index in [1.807, 2.05) is 0 Å². The summed E-state index contributed by atoms with van der Waals surface area (Å²) in [5, 5.41) is 9.32. The van der Waals surface area contributed by atoms with Gasteiger partial charge >= 0.3 is 0 Å². The van der Waals surface area contributed by atoms with Gasteiger partial charge in [-0.1, -0.05) is 44.2 Å². The molecule has 0 radical (unpaired) electrons. The summed E-state index contributed by atoms with van der Waals surface area (Å²) >= 11 is 5.81. The van der Waals surface area contributed by atoms with Crippen molar-refractivity contribution < 1.29 is 5.11 Å². The number of halogens is 1. The topological polar surface area (TPSA) is 48.9 Å². The fraction of sp³-hybridized carbons (Fsp3) is 0.727. The Morgan fingerprint density at radius 2 is 2.00 bits per heavy atom. The van der Waals surface area contributed by atoms with Gasteiger partial charge in [-0.2, -0.15) is 0 Å². The third-order valence-corrected chi connectivity index (χ3v) is 2.77. The van der Waals surface area contributed by atoms with Gasteiger partial charge in [0.1, 0.15) is 5.82 Å². The molecule has 0 saturated carbocycles. The van der Waals surface area contributed by atoms with Gasteiger partial charge in [0.25, 0.3) is 0 Å². The minimum atomic E-state index is -0.0678. The second-order valence-corrected chi connectivity index (χ2v) is 4.13. The molecule has 0 unspecified atom stereocenters. The third kappa shape index (κ3) is 4.22. The predicted octanol–water partition coefficient (Wildman–Crippen LogP) is 3.07. The fourth-order valence-electron chi connectivity index (χ4n) is 1.56. The van der Waals surface area contributed by atoms with Crippen molar-refractivity contribution in [3.63, 3.8) is 0 Å². The molecule has 0 amide bonds. The van der Waals surface area contributed by atoms with Gasteiger partial charge in [0.05, 0.1) is 12.3 Å². The van der Waals surface area contributed by atoms with E-state index in [-0.39, 0.29) is 6.61 Å². The standard InChI is InChI=1S/C11H19ClN2O/c1-2-3-4-5-6-7-10-13-9(8-15)11(12)14-10/h15H,2-8H2,1H3,(H,13,14). The molecule has 15 heavy (non-hydrogen) atoms. The largest absolute Gasteiger partial charge is 0.390 e. The van der Waals surface area contributed by atoms with Crippen LogP contribution in [0.25, 0.3) is 0 Å². The number of hydrogen-bond donors (Lipinski definition) is 2. The number of H-pyrrole nitrogens is 1. The van der Waals surface area contributed by atoms with Crippen LogP contribution in [0.1, 0.15) is 50.5 Å². The fourth-order valence-corrected chi connectivity index (χ4v) is 1.77. The Kier molecular flexibility index (Phi) is 5.73. The normalized spacial score (nSPS) is 10.9. The van der Waals surface area contributed by atoms with Gasteiger partial charge in [-0.15, -0.1) is 0 Å². The number of rotatable bonds is 7. The molecule has 0 aliphatic heterocycles. The number of aromatic nitrogens is 2. The first kappa shape index (κ1) is 12.5. The molecule has 1 heterocycles. The number of aryl methyl sites for hydroxylation is 1. The van der Waals surface area contributed by atoms with Crippen LogP contribution in [0.3, 0.4) is 0 Å². The van der Waals surface area contributed by atoms with Gasteiger partial charge in [0, 0.05) is 6.42 Å². The van der Waals surface area contributed by atoms with E-state index < -0.39 is 0 Å². The van der Waals surface area contributed by atoms with Crippen molar-refractivity contribution in [2.45, 2.75) is 52.1 Å². The molecule has 0 fully saturated rings. The van der Waals surface area contributed by atoms with Crippen molar-refractivity contribution in [3.8, 4) is 0 Å². The molecule has 1 aromatic heterocycles. The minimum Gasteiger partial charge on any atom is -0.390 e. The first-order valence-corrected chi connectivity index (χ1v) is 5.99. The van der Waals surface area contributed by atoms with Crippen LogP contribution in [-0.4, -0.2) is 15.1 Å². The van der Waals surface area contributed by atoms with Crippen LogP contribution < -0.4 is 0 Å². The summed E-state index contributed by atoms with van der Waals surface area (Å²) in [4.78, 5) is 7.18. The maximum atomic E-state index is 8.92. The number of unbranched alkanes of at least 4 members (excludes halogenated alkanes) is 4. The molecule has 1 aromatic rings. The Morgan fingerprint density at radius 3 is 2.60 bits per heavy atom. The van der Waals surface area contributed by atoms with Crippen LogP contribution in [0, 0.1) is 0 Å². The second kappa shape index (κ2) is 6.85. The van der Waals surface area contributed by atoms with Crippen LogP contribution in [0.4, 0.5) is 0 Å². The molecule has 0 saturated heterocycles. The van der Waals surface area contributed by atoms with Crippen LogP contribution >= 0.6 is 11.6 Å². The Hall–Kier alpha value is -0.540. The summed E-state index contributed by atoms with van der Waals surface area (Å²) in [5.41, 5.74) is 0.625. The quantitative estimate of drug-likeness (QED) is 0.708. The summed E-state index contributed by atoms with van der Waals surface area (Å²) in [5.74, 6) is 0.889. The number of aromatic amines is 1. The zero-order valence-electron chi connectivity index (χ0n) is 9.22. The third-order valence-electron chi connectivity index (χ3n) is 2.45. The summed E-state index contributed by atoms with van der Waals surface area (Å²) in [6, 6.07) is 0. The van der Waals surface area contributed by atoms with E-state index >= 15 is 0 Å². The number of imidazole rings is 1. The van der Waals surface area contributed by atoms with Crippen LogP contribution in [0.5, 0.6) is 0 Å². The van der Waals surface area contributed by atoms with Gasteiger partial charge in [0.15, 0.2) is 5.15 Å². The molecule has 3 nitrogen and oxygen atoms in total. The highest BCUT2D eigenvalue weighted by molar-refractivity contribution is 6.30. The number of hydrogen-bond acceptors (Lipinski definition) is 2. The number of aliphatic hydroxyl groups excluding tert-OH is 1. The van der Waals surface area contributed by atoms with E-state index in [0.29, 0.717) is 10.8 Å². The smallest absolute Gasteiger partial charge is 0.152 e. The Bertz CT molecular complexity index is 286. The molecule has 0 aliphatic rings. The Labute approximate surface area is 95.9 Å². The Morgan fingerprint density at radius 1 is 1.27 bits per heavy atom. The summed E-state index contributed by atoms with van der Waals surface area (Å²) in [6.45, 7) is 2.14. The monoisotopic (exact) mass is 230 g/mol. The van der Waals surface area contributed by atoms with Crippen LogP contribution in [0.2, 0.25) is 5.15 Å². The van der Waals surface area contributed by atoms with Crippen molar-refractivity contribution in [1.82, 2.24) is 9.97 Å². The van der Waals surface area contributed by atoms with Gasteiger partial charge in [-0.05, 0) is 6.42 Å². The van der Waals surface area contributed by atoms with E-state index in [9.17, 15) is 0 Å². The molecule has 0 bridgehead atoms. The lowest BCUT2D eigenvalue weighted by Crippen LogP contribution is -1.89. The minimum absolute atomic E-state index is 0.0678.